The number of allylic oxidation sites excluding steroid dienone is 1. The molecule has 0 spiro atoms. The molecule has 23 heavy (non-hydrogen) atoms. The molecule has 3 N–H and O–H groups in total. The van der Waals surface area contributed by atoms with Crippen molar-refractivity contribution in [2.45, 2.75) is 19.4 Å². The molecule has 0 aliphatic carbocycles. The molecule has 0 unspecified atom stereocenters. The summed E-state index contributed by atoms with van der Waals surface area (Å²) in [4.78, 5) is 19.0. The fourth-order valence-electron chi connectivity index (χ4n) is 2.87. The minimum Gasteiger partial charge on any atom is -0.477 e. The Labute approximate surface area is 131 Å². The quantitative estimate of drug-likeness (QED) is 0.690. The van der Waals surface area contributed by atoms with E-state index in [1.807, 2.05) is 37.4 Å². The van der Waals surface area contributed by atoms with Gasteiger partial charge < -0.3 is 15.4 Å². The number of hydrogen-bond acceptors (Lipinski definition) is 4. The summed E-state index contributed by atoms with van der Waals surface area (Å²) in [5.74, 6) is 0.122. The van der Waals surface area contributed by atoms with Gasteiger partial charge in [0.1, 0.15) is 11.7 Å². The van der Waals surface area contributed by atoms with E-state index in [4.69, 9.17) is 0 Å². The van der Waals surface area contributed by atoms with Crippen LogP contribution in [0.1, 0.15) is 24.4 Å². The van der Waals surface area contributed by atoms with Crippen molar-refractivity contribution in [1.82, 2.24) is 19.7 Å². The van der Waals surface area contributed by atoms with Crippen LogP contribution in [0.25, 0.3) is 10.9 Å². The number of aromatic amines is 1. The molecule has 7 heteroatoms. The molecule has 1 aliphatic heterocycles. The predicted molar refractivity (Wildman–Crippen MR) is 85.2 cm³/mol. The molecule has 0 bridgehead atoms. The normalized spacial score (nSPS) is 16.7. The van der Waals surface area contributed by atoms with Crippen LogP contribution in [0.15, 0.2) is 42.2 Å². The Morgan fingerprint density at radius 3 is 3.00 bits per heavy atom. The van der Waals surface area contributed by atoms with Crippen LogP contribution < -0.4 is 5.32 Å². The number of aryl methyl sites for hydroxylation is 1. The van der Waals surface area contributed by atoms with E-state index >= 15 is 0 Å². The SMILES string of the molecule is CCc1nc2n(n1)[C@@H](c1c[nH]c3ccccc13)C=C(C(=O)O)N2. The molecular weight excluding hydrogens is 294 g/mol. The van der Waals surface area contributed by atoms with E-state index in [2.05, 4.69) is 20.4 Å². The fraction of sp³-hybridized carbons (Fsp3) is 0.188. The Hall–Kier alpha value is -3.09. The van der Waals surface area contributed by atoms with Gasteiger partial charge in [0.2, 0.25) is 5.95 Å². The molecule has 0 amide bonds. The monoisotopic (exact) mass is 309 g/mol. The second-order valence-corrected chi connectivity index (χ2v) is 5.39. The Bertz CT molecular complexity index is 937. The Kier molecular flexibility index (Phi) is 2.94. The van der Waals surface area contributed by atoms with Gasteiger partial charge in [-0.1, -0.05) is 25.1 Å². The van der Waals surface area contributed by atoms with Crippen LogP contribution in [-0.4, -0.2) is 30.8 Å². The van der Waals surface area contributed by atoms with E-state index in [9.17, 15) is 9.90 Å². The third-order valence-corrected chi connectivity index (χ3v) is 4.00. The number of carbonyl (C=O) groups is 1. The van der Waals surface area contributed by atoms with Crippen LogP contribution in [0, 0.1) is 0 Å². The van der Waals surface area contributed by atoms with Gasteiger partial charge >= 0.3 is 5.97 Å². The highest BCUT2D eigenvalue weighted by atomic mass is 16.4. The zero-order valence-corrected chi connectivity index (χ0v) is 12.4. The van der Waals surface area contributed by atoms with E-state index in [0.717, 1.165) is 16.5 Å². The summed E-state index contributed by atoms with van der Waals surface area (Å²) in [6, 6.07) is 7.60. The molecule has 1 atom stereocenters. The zero-order chi connectivity index (χ0) is 16.0. The summed E-state index contributed by atoms with van der Waals surface area (Å²) in [5, 5.41) is 17.7. The molecule has 3 aromatic rings. The first-order valence-corrected chi connectivity index (χ1v) is 7.41. The summed E-state index contributed by atoms with van der Waals surface area (Å²) in [6.45, 7) is 1.97. The first kappa shape index (κ1) is 13.6. The maximum atomic E-state index is 11.4. The lowest BCUT2D eigenvalue weighted by molar-refractivity contribution is -0.132. The fourth-order valence-corrected chi connectivity index (χ4v) is 2.87. The number of aromatic nitrogens is 4. The topological polar surface area (TPSA) is 95.8 Å². The van der Waals surface area contributed by atoms with Crippen molar-refractivity contribution in [3.05, 3.63) is 53.6 Å². The van der Waals surface area contributed by atoms with Crippen molar-refractivity contribution in [3.63, 3.8) is 0 Å². The van der Waals surface area contributed by atoms with Crippen LogP contribution in [0.3, 0.4) is 0 Å². The summed E-state index contributed by atoms with van der Waals surface area (Å²) in [6.07, 6.45) is 4.25. The van der Waals surface area contributed by atoms with Gasteiger partial charge in [-0.3, -0.25) is 0 Å². The van der Waals surface area contributed by atoms with Gasteiger partial charge in [-0.25, -0.2) is 9.48 Å². The summed E-state index contributed by atoms with van der Waals surface area (Å²) in [7, 11) is 0. The first-order chi connectivity index (χ1) is 11.2. The Morgan fingerprint density at radius 2 is 2.22 bits per heavy atom. The van der Waals surface area contributed by atoms with Gasteiger partial charge in [-0.2, -0.15) is 10.1 Å². The molecule has 1 aromatic carbocycles. The number of fused-ring (bicyclic) bond motifs is 2. The van der Waals surface area contributed by atoms with Crippen molar-refractivity contribution in [2.75, 3.05) is 5.32 Å². The van der Waals surface area contributed by atoms with Gasteiger partial charge in [0.25, 0.3) is 0 Å². The number of rotatable bonds is 3. The van der Waals surface area contributed by atoms with Crippen LogP contribution in [0.4, 0.5) is 5.95 Å². The number of nitrogens with zero attached hydrogens (tertiary/aromatic N) is 3. The van der Waals surface area contributed by atoms with Gasteiger partial charge in [0, 0.05) is 29.1 Å². The van der Waals surface area contributed by atoms with Crippen molar-refractivity contribution in [3.8, 4) is 0 Å². The Morgan fingerprint density at radius 1 is 1.39 bits per heavy atom. The molecule has 7 nitrogen and oxygen atoms in total. The zero-order valence-electron chi connectivity index (χ0n) is 12.4. The van der Waals surface area contributed by atoms with E-state index in [0.29, 0.717) is 18.2 Å². The summed E-state index contributed by atoms with van der Waals surface area (Å²) < 4.78 is 1.74. The molecule has 0 radical (unpaired) electrons. The van der Waals surface area contributed by atoms with Crippen LogP contribution in [-0.2, 0) is 11.2 Å². The molecule has 1 aliphatic rings. The Balaban J connectivity index is 1.92. The number of H-pyrrole nitrogens is 1. The van der Waals surface area contributed by atoms with Gasteiger partial charge in [-0.05, 0) is 12.1 Å². The third-order valence-electron chi connectivity index (χ3n) is 4.00. The molecule has 2 aromatic heterocycles. The maximum Gasteiger partial charge on any atom is 0.352 e. The van der Waals surface area contributed by atoms with Crippen molar-refractivity contribution in [2.24, 2.45) is 0 Å². The molecular formula is C16H15N5O2. The number of para-hydroxylation sites is 1. The molecule has 0 saturated carbocycles. The van der Waals surface area contributed by atoms with Crippen molar-refractivity contribution in [1.29, 1.82) is 0 Å². The highest BCUT2D eigenvalue weighted by Gasteiger charge is 2.28. The maximum absolute atomic E-state index is 11.4. The third kappa shape index (κ3) is 2.09. The summed E-state index contributed by atoms with van der Waals surface area (Å²) >= 11 is 0. The molecule has 0 fully saturated rings. The van der Waals surface area contributed by atoms with E-state index in [-0.39, 0.29) is 11.7 Å². The lowest BCUT2D eigenvalue weighted by atomic mass is 10.0. The standard InChI is InChI=1S/C16H15N5O2/c1-2-14-19-16-18-12(15(22)23)7-13(21(16)20-14)10-8-17-11-6-4-3-5-9(10)11/h3-8,13,17H,2H2,1H3,(H,22,23)(H,18,19,20)/t13-/m1/s1. The highest BCUT2D eigenvalue weighted by Crippen LogP contribution is 2.33. The average molecular weight is 309 g/mol. The molecule has 116 valence electrons. The first-order valence-electron chi connectivity index (χ1n) is 7.41. The lowest BCUT2D eigenvalue weighted by Gasteiger charge is -2.21. The van der Waals surface area contributed by atoms with Gasteiger partial charge in [0.15, 0.2) is 5.82 Å². The van der Waals surface area contributed by atoms with E-state index in [1.54, 1.807) is 10.8 Å². The number of benzene rings is 1. The highest BCUT2D eigenvalue weighted by molar-refractivity contribution is 5.91. The van der Waals surface area contributed by atoms with Gasteiger partial charge in [-0.15, -0.1) is 0 Å². The second-order valence-electron chi connectivity index (χ2n) is 5.39. The van der Waals surface area contributed by atoms with Crippen LogP contribution in [0.5, 0.6) is 0 Å². The van der Waals surface area contributed by atoms with E-state index in [1.165, 1.54) is 0 Å². The number of carboxylic acid groups (broad SMARTS) is 1. The minimum absolute atomic E-state index is 0.114. The van der Waals surface area contributed by atoms with Gasteiger partial charge in [0.05, 0.1) is 0 Å². The smallest absolute Gasteiger partial charge is 0.352 e. The number of hydrogen-bond donors (Lipinski definition) is 3. The van der Waals surface area contributed by atoms with Crippen molar-refractivity contribution < 1.29 is 9.90 Å². The molecule has 3 heterocycles. The molecule has 0 saturated heterocycles. The lowest BCUT2D eigenvalue weighted by Crippen LogP contribution is -2.24. The molecule has 4 rings (SSSR count). The number of aliphatic carboxylic acids is 1. The van der Waals surface area contributed by atoms with Crippen LogP contribution in [0.2, 0.25) is 0 Å². The van der Waals surface area contributed by atoms with Crippen molar-refractivity contribution >= 4 is 22.8 Å². The predicted octanol–water partition coefficient (Wildman–Crippen LogP) is 2.31. The number of carboxylic acids is 1. The second kappa shape index (κ2) is 4.98. The summed E-state index contributed by atoms with van der Waals surface area (Å²) in [5.41, 5.74) is 2.08. The largest absolute Gasteiger partial charge is 0.477 e. The van der Waals surface area contributed by atoms with Crippen LogP contribution >= 0.6 is 0 Å². The number of anilines is 1. The minimum atomic E-state index is -1.01. The number of nitrogens with one attached hydrogen (secondary N) is 2. The average Bonchev–Trinajstić information content (AvgIpc) is 3.17. The van der Waals surface area contributed by atoms with E-state index < -0.39 is 5.97 Å².